The predicted molar refractivity (Wildman–Crippen MR) is 45.0 cm³/mol. The Morgan fingerprint density at radius 1 is 1.45 bits per heavy atom. The largest absolute Gasteiger partial charge is 0.687 e. The fraction of sp³-hybridized carbons (Fsp3) is 0.125. The van der Waals surface area contributed by atoms with E-state index in [1.165, 1.54) is 0 Å². The summed E-state index contributed by atoms with van der Waals surface area (Å²) in [4.78, 5) is 0. The molecule has 0 saturated heterocycles. The van der Waals surface area contributed by atoms with E-state index in [0.717, 1.165) is 16.6 Å². The highest BCUT2D eigenvalue weighted by Crippen LogP contribution is 2.20. The van der Waals surface area contributed by atoms with E-state index in [2.05, 4.69) is 15.5 Å². The van der Waals surface area contributed by atoms with Crippen molar-refractivity contribution >= 4 is 16.6 Å². The van der Waals surface area contributed by atoms with Crippen LogP contribution in [0.3, 0.4) is 0 Å². The zero-order valence-electron chi connectivity index (χ0n) is 6.20. The van der Waals surface area contributed by atoms with Crippen LogP contribution in [0.4, 0.5) is 5.69 Å². The van der Waals surface area contributed by atoms with E-state index in [-0.39, 0.29) is 0 Å². The minimum absolute atomic E-state index is 0.985. The summed E-state index contributed by atoms with van der Waals surface area (Å²) in [5, 5.41) is 12.0. The number of aromatic nitrogens is 2. The number of aromatic amines is 1. The molecule has 0 unspecified atom stereocenters. The third kappa shape index (κ3) is 0.941. The lowest BCUT2D eigenvalue weighted by Crippen LogP contribution is -1.68. The van der Waals surface area contributed by atoms with Gasteiger partial charge in [0.2, 0.25) is 0 Å². The van der Waals surface area contributed by atoms with Crippen LogP contribution in [0.2, 0.25) is 0 Å². The maximum Gasteiger partial charge on any atom is 0.0649 e. The van der Waals surface area contributed by atoms with Crippen LogP contribution in [-0.4, -0.2) is 17.2 Å². The molecular formula is C8H8N3-. The van der Waals surface area contributed by atoms with Crippen molar-refractivity contribution in [3.8, 4) is 0 Å². The van der Waals surface area contributed by atoms with Gasteiger partial charge in [-0.25, -0.2) is 0 Å². The van der Waals surface area contributed by atoms with Gasteiger partial charge in [0.25, 0.3) is 0 Å². The first-order chi connectivity index (χ1) is 5.40. The summed E-state index contributed by atoms with van der Waals surface area (Å²) >= 11 is 0. The van der Waals surface area contributed by atoms with E-state index in [1.54, 1.807) is 13.2 Å². The zero-order chi connectivity index (χ0) is 7.68. The van der Waals surface area contributed by atoms with Gasteiger partial charge < -0.3 is 5.32 Å². The second-order valence-electron chi connectivity index (χ2n) is 2.37. The Morgan fingerprint density at radius 2 is 2.36 bits per heavy atom. The van der Waals surface area contributed by atoms with Crippen molar-refractivity contribution in [1.29, 1.82) is 0 Å². The molecule has 0 atom stereocenters. The lowest BCUT2D eigenvalue weighted by atomic mass is 10.2. The van der Waals surface area contributed by atoms with Gasteiger partial charge in [-0.1, -0.05) is 12.1 Å². The first-order valence-electron chi connectivity index (χ1n) is 3.43. The lowest BCUT2D eigenvalue weighted by molar-refractivity contribution is 1.12. The quantitative estimate of drug-likeness (QED) is 0.658. The average molecular weight is 146 g/mol. The second kappa shape index (κ2) is 2.27. The Kier molecular flexibility index (Phi) is 1.28. The van der Waals surface area contributed by atoms with Crippen LogP contribution in [0.5, 0.6) is 0 Å². The topological polar surface area (TPSA) is 42.8 Å². The van der Waals surface area contributed by atoms with Gasteiger partial charge in [-0.3, -0.25) is 5.10 Å². The predicted octanol–water partition coefficient (Wildman–Crippen LogP) is 2.20. The maximum atomic E-state index is 4.06. The second-order valence-corrected chi connectivity index (χ2v) is 2.37. The number of nitrogens with one attached hydrogen (secondary N) is 1. The molecule has 1 heterocycles. The molecule has 11 heavy (non-hydrogen) atoms. The average Bonchev–Trinajstić information content (AvgIpc) is 2.50. The smallest absolute Gasteiger partial charge is 0.0649 e. The van der Waals surface area contributed by atoms with Crippen molar-refractivity contribution in [1.82, 2.24) is 10.2 Å². The first kappa shape index (κ1) is 6.22. The molecule has 1 aromatic carbocycles. The standard InChI is InChI=1S/C8H8N3/c1-9-7-2-3-8-6(4-7)5-10-11-8/h2-5H,1H3,(H,10,11)/q-1. The molecule has 1 N–H and O–H groups in total. The van der Waals surface area contributed by atoms with Gasteiger partial charge in [0.15, 0.2) is 0 Å². The molecule has 0 spiro atoms. The highest BCUT2D eigenvalue weighted by atomic mass is 15.1. The highest BCUT2D eigenvalue weighted by molar-refractivity contribution is 5.82. The number of nitrogens with zero attached hydrogens (tertiary/aromatic N) is 2. The summed E-state index contributed by atoms with van der Waals surface area (Å²) in [6.07, 6.45) is 1.80. The summed E-state index contributed by atoms with van der Waals surface area (Å²) in [5.41, 5.74) is 2.04. The third-order valence-corrected chi connectivity index (χ3v) is 1.68. The lowest BCUT2D eigenvalue weighted by Gasteiger charge is -2.11. The summed E-state index contributed by atoms with van der Waals surface area (Å²) in [6, 6.07) is 5.93. The molecule has 1 aromatic heterocycles. The summed E-state index contributed by atoms with van der Waals surface area (Å²) in [5.74, 6) is 0. The fourth-order valence-corrected chi connectivity index (χ4v) is 1.07. The van der Waals surface area contributed by atoms with Crippen LogP contribution in [0.15, 0.2) is 24.4 Å². The molecule has 0 radical (unpaired) electrons. The molecule has 0 amide bonds. The third-order valence-electron chi connectivity index (χ3n) is 1.68. The zero-order valence-corrected chi connectivity index (χ0v) is 6.20. The van der Waals surface area contributed by atoms with Gasteiger partial charge >= 0.3 is 0 Å². The van der Waals surface area contributed by atoms with Gasteiger partial charge in [-0.05, 0) is 6.07 Å². The number of benzene rings is 1. The van der Waals surface area contributed by atoms with Crippen LogP contribution in [0.25, 0.3) is 16.2 Å². The van der Waals surface area contributed by atoms with E-state index in [9.17, 15) is 0 Å². The van der Waals surface area contributed by atoms with Crippen LogP contribution >= 0.6 is 0 Å². The molecular weight excluding hydrogens is 138 g/mol. The maximum absolute atomic E-state index is 4.06. The molecule has 56 valence electrons. The summed E-state index contributed by atoms with van der Waals surface area (Å²) < 4.78 is 0. The summed E-state index contributed by atoms with van der Waals surface area (Å²) in [7, 11) is 1.78. The van der Waals surface area contributed by atoms with Crippen molar-refractivity contribution in [2.45, 2.75) is 0 Å². The van der Waals surface area contributed by atoms with Gasteiger partial charge in [0.05, 0.1) is 11.7 Å². The minimum Gasteiger partial charge on any atom is -0.687 e. The Morgan fingerprint density at radius 3 is 3.18 bits per heavy atom. The normalized spacial score (nSPS) is 10.3. The molecule has 0 aliphatic heterocycles. The van der Waals surface area contributed by atoms with Gasteiger partial charge in [0.1, 0.15) is 0 Å². The molecule has 2 rings (SSSR count). The number of fused-ring (bicyclic) bond motifs is 1. The Bertz CT molecular complexity index is 364. The van der Waals surface area contributed by atoms with Crippen molar-refractivity contribution in [3.05, 3.63) is 29.7 Å². The number of hydrogen-bond acceptors (Lipinski definition) is 1. The molecule has 0 fully saturated rings. The van der Waals surface area contributed by atoms with E-state index in [4.69, 9.17) is 0 Å². The van der Waals surface area contributed by atoms with Crippen molar-refractivity contribution in [3.63, 3.8) is 0 Å². The molecule has 3 heteroatoms. The van der Waals surface area contributed by atoms with Gasteiger partial charge in [0, 0.05) is 5.39 Å². The van der Waals surface area contributed by atoms with Crippen LogP contribution < -0.4 is 0 Å². The SMILES string of the molecule is C[N-]c1ccc2[nH]ncc2c1. The van der Waals surface area contributed by atoms with Crippen LogP contribution in [-0.2, 0) is 0 Å². The fourth-order valence-electron chi connectivity index (χ4n) is 1.07. The van der Waals surface area contributed by atoms with E-state index in [0.29, 0.717) is 0 Å². The van der Waals surface area contributed by atoms with Crippen molar-refractivity contribution in [2.24, 2.45) is 0 Å². The van der Waals surface area contributed by atoms with Crippen LogP contribution in [0.1, 0.15) is 0 Å². The van der Waals surface area contributed by atoms with E-state index >= 15 is 0 Å². The van der Waals surface area contributed by atoms with E-state index < -0.39 is 0 Å². The van der Waals surface area contributed by atoms with Crippen molar-refractivity contribution in [2.75, 3.05) is 7.05 Å². The molecule has 0 saturated carbocycles. The molecule has 3 nitrogen and oxygen atoms in total. The number of hydrogen-bond donors (Lipinski definition) is 1. The molecule has 0 bridgehead atoms. The molecule has 2 aromatic rings. The number of H-pyrrole nitrogens is 1. The molecule has 0 aliphatic rings. The Balaban J connectivity index is 2.67. The Hall–Kier alpha value is -1.51. The van der Waals surface area contributed by atoms with Crippen LogP contribution in [0, 0.1) is 0 Å². The Labute approximate surface area is 64.4 Å². The van der Waals surface area contributed by atoms with Gasteiger partial charge in [-0.15, -0.1) is 12.7 Å². The summed E-state index contributed by atoms with van der Waals surface area (Å²) in [6.45, 7) is 0. The minimum atomic E-state index is 0.985. The first-order valence-corrected chi connectivity index (χ1v) is 3.43. The van der Waals surface area contributed by atoms with E-state index in [1.807, 2.05) is 18.2 Å². The van der Waals surface area contributed by atoms with Crippen molar-refractivity contribution < 1.29 is 0 Å². The van der Waals surface area contributed by atoms with Gasteiger partial charge in [-0.2, -0.15) is 5.10 Å². The highest BCUT2D eigenvalue weighted by Gasteiger charge is 1.90. The number of rotatable bonds is 1. The molecule has 0 aliphatic carbocycles. The monoisotopic (exact) mass is 146 g/mol.